The van der Waals surface area contributed by atoms with Gasteiger partial charge in [-0.2, -0.15) is 0 Å². The molecule has 1 N–H and O–H groups in total. The number of rotatable bonds is 5. The highest BCUT2D eigenvalue weighted by atomic mass is 32.2. The van der Waals surface area contributed by atoms with Crippen molar-refractivity contribution in [2.24, 2.45) is 4.99 Å². The highest BCUT2D eigenvalue weighted by Gasteiger charge is 2.16. The number of anilines is 1. The van der Waals surface area contributed by atoms with Gasteiger partial charge in [0.1, 0.15) is 5.76 Å². The SMILES string of the molecule is Cc1cc(NS(=O)(=O)c2ccc(N=c3c4ccccc4n(-c4ccccc4)c4ccccc34)cc2)no1. The van der Waals surface area contributed by atoms with Crippen LogP contribution in [0.3, 0.4) is 0 Å². The van der Waals surface area contributed by atoms with Gasteiger partial charge in [0.25, 0.3) is 10.0 Å². The Morgan fingerprint density at radius 3 is 1.97 bits per heavy atom. The molecule has 2 heterocycles. The average Bonchev–Trinajstić information content (AvgIpc) is 3.33. The van der Waals surface area contributed by atoms with Crippen molar-refractivity contribution in [1.29, 1.82) is 0 Å². The first-order valence-electron chi connectivity index (χ1n) is 11.7. The van der Waals surface area contributed by atoms with Crippen molar-refractivity contribution < 1.29 is 12.9 Å². The van der Waals surface area contributed by atoms with Gasteiger partial charge in [0.15, 0.2) is 5.82 Å². The largest absolute Gasteiger partial charge is 0.360 e. The van der Waals surface area contributed by atoms with Crippen molar-refractivity contribution in [3.63, 3.8) is 0 Å². The quantitative estimate of drug-likeness (QED) is 0.286. The summed E-state index contributed by atoms with van der Waals surface area (Å²) in [7, 11) is -3.81. The van der Waals surface area contributed by atoms with Crippen LogP contribution in [0.15, 0.2) is 124 Å². The molecule has 0 aliphatic carbocycles. The molecule has 4 aromatic carbocycles. The number of nitrogens with one attached hydrogen (secondary N) is 1. The maximum Gasteiger partial charge on any atom is 0.263 e. The van der Waals surface area contributed by atoms with Crippen LogP contribution in [-0.2, 0) is 10.0 Å². The van der Waals surface area contributed by atoms with Crippen LogP contribution in [0.5, 0.6) is 0 Å². The lowest BCUT2D eigenvalue weighted by atomic mass is 10.1. The highest BCUT2D eigenvalue weighted by molar-refractivity contribution is 7.92. The molecule has 7 nitrogen and oxygen atoms in total. The number of pyridine rings is 1. The highest BCUT2D eigenvalue weighted by Crippen LogP contribution is 2.25. The zero-order chi connectivity index (χ0) is 25.4. The van der Waals surface area contributed by atoms with E-state index in [4.69, 9.17) is 9.52 Å². The average molecular weight is 507 g/mol. The number of hydrogen-bond donors (Lipinski definition) is 1. The maximum absolute atomic E-state index is 12.8. The molecule has 0 fully saturated rings. The predicted octanol–water partition coefficient (Wildman–Crippen LogP) is 6.11. The van der Waals surface area contributed by atoms with Crippen LogP contribution in [0, 0.1) is 6.92 Å². The Kier molecular flexibility index (Phi) is 5.58. The molecule has 0 amide bonds. The van der Waals surface area contributed by atoms with Gasteiger partial charge in [-0.1, -0.05) is 59.8 Å². The number of para-hydroxylation sites is 3. The van der Waals surface area contributed by atoms with E-state index in [9.17, 15) is 8.42 Å². The third kappa shape index (κ3) is 4.28. The summed E-state index contributed by atoms with van der Waals surface area (Å²) in [6.45, 7) is 1.69. The number of hydrogen-bond acceptors (Lipinski definition) is 5. The molecule has 8 heteroatoms. The lowest BCUT2D eigenvalue weighted by Crippen LogP contribution is -2.13. The molecular formula is C29H22N4O3S. The van der Waals surface area contributed by atoms with Crippen LogP contribution < -0.4 is 10.1 Å². The number of aromatic nitrogens is 2. The fourth-order valence-electron chi connectivity index (χ4n) is 4.43. The van der Waals surface area contributed by atoms with E-state index in [0.29, 0.717) is 11.4 Å². The van der Waals surface area contributed by atoms with Crippen LogP contribution >= 0.6 is 0 Å². The van der Waals surface area contributed by atoms with E-state index in [0.717, 1.165) is 32.9 Å². The van der Waals surface area contributed by atoms with Crippen molar-refractivity contribution in [3.8, 4) is 5.69 Å². The molecule has 0 aliphatic heterocycles. The molecule has 0 saturated heterocycles. The van der Waals surface area contributed by atoms with Crippen LogP contribution in [0.4, 0.5) is 11.5 Å². The Morgan fingerprint density at radius 2 is 1.38 bits per heavy atom. The van der Waals surface area contributed by atoms with E-state index < -0.39 is 10.0 Å². The van der Waals surface area contributed by atoms with Gasteiger partial charge in [-0.15, -0.1) is 0 Å². The summed E-state index contributed by atoms with van der Waals surface area (Å²) in [5.41, 5.74) is 3.75. The topological polar surface area (TPSA) is 89.5 Å². The third-order valence-electron chi connectivity index (χ3n) is 6.07. The fraction of sp³-hybridized carbons (Fsp3) is 0.0345. The Morgan fingerprint density at radius 1 is 0.784 bits per heavy atom. The molecule has 0 radical (unpaired) electrons. The molecule has 0 aliphatic rings. The van der Waals surface area contributed by atoms with E-state index in [-0.39, 0.29) is 10.7 Å². The zero-order valence-electron chi connectivity index (χ0n) is 19.9. The molecule has 6 aromatic rings. The van der Waals surface area contributed by atoms with Gasteiger partial charge in [-0.3, -0.25) is 4.72 Å². The van der Waals surface area contributed by atoms with Crippen LogP contribution in [0.1, 0.15) is 5.76 Å². The van der Waals surface area contributed by atoms with Crippen molar-refractivity contribution in [2.45, 2.75) is 11.8 Å². The van der Waals surface area contributed by atoms with E-state index in [2.05, 4.69) is 50.8 Å². The molecular weight excluding hydrogens is 484 g/mol. The minimum atomic E-state index is -3.81. The summed E-state index contributed by atoms with van der Waals surface area (Å²) < 4.78 is 35.2. The first-order valence-corrected chi connectivity index (χ1v) is 13.2. The van der Waals surface area contributed by atoms with Gasteiger partial charge in [-0.25, -0.2) is 13.4 Å². The molecule has 0 saturated carbocycles. The number of benzene rings is 4. The molecule has 182 valence electrons. The van der Waals surface area contributed by atoms with Crippen molar-refractivity contribution >= 4 is 43.3 Å². The van der Waals surface area contributed by atoms with Crippen molar-refractivity contribution in [3.05, 3.63) is 120 Å². The molecule has 0 unspecified atom stereocenters. The van der Waals surface area contributed by atoms with E-state index in [1.807, 2.05) is 42.5 Å². The smallest absolute Gasteiger partial charge is 0.263 e. The van der Waals surface area contributed by atoms with E-state index in [1.54, 1.807) is 19.1 Å². The summed E-state index contributed by atoms with van der Waals surface area (Å²) in [6.07, 6.45) is 0. The van der Waals surface area contributed by atoms with E-state index in [1.165, 1.54) is 18.2 Å². The number of fused-ring (bicyclic) bond motifs is 2. The summed E-state index contributed by atoms with van der Waals surface area (Å²) in [5, 5.41) is 6.51. The number of nitrogens with zero attached hydrogens (tertiary/aromatic N) is 3. The van der Waals surface area contributed by atoms with Crippen LogP contribution in [-0.4, -0.2) is 18.1 Å². The Bertz CT molecular complexity index is 1860. The lowest BCUT2D eigenvalue weighted by Gasteiger charge is -2.16. The van der Waals surface area contributed by atoms with Gasteiger partial charge < -0.3 is 9.09 Å². The first-order chi connectivity index (χ1) is 18.0. The molecule has 2 aromatic heterocycles. The minimum Gasteiger partial charge on any atom is -0.360 e. The third-order valence-corrected chi connectivity index (χ3v) is 7.44. The summed E-state index contributed by atoms with van der Waals surface area (Å²) in [5.74, 6) is 0.656. The van der Waals surface area contributed by atoms with Crippen molar-refractivity contribution in [2.75, 3.05) is 4.72 Å². The van der Waals surface area contributed by atoms with Crippen LogP contribution in [0.2, 0.25) is 0 Å². The maximum atomic E-state index is 12.8. The monoisotopic (exact) mass is 506 g/mol. The lowest BCUT2D eigenvalue weighted by molar-refractivity contribution is 0.400. The molecule has 0 spiro atoms. The van der Waals surface area contributed by atoms with E-state index >= 15 is 0 Å². The standard InChI is InChI=1S/C29H22N4O3S/c1-20-19-28(31-36-20)32-37(34,35)23-17-15-21(16-18-23)30-29-24-11-5-7-13-26(24)33(22-9-3-2-4-10-22)27-14-8-6-12-25(27)29/h2-19H,1H3,(H,31,32). The number of sulfonamides is 1. The summed E-state index contributed by atoms with van der Waals surface area (Å²) in [4.78, 5) is 5.09. The predicted molar refractivity (Wildman–Crippen MR) is 144 cm³/mol. The second-order valence-corrected chi connectivity index (χ2v) is 10.3. The Labute approximate surface area is 213 Å². The Hall–Kier alpha value is -4.69. The summed E-state index contributed by atoms with van der Waals surface area (Å²) in [6, 6.07) is 34.5. The summed E-state index contributed by atoms with van der Waals surface area (Å²) >= 11 is 0. The molecule has 0 bridgehead atoms. The number of aryl methyl sites for hydroxylation is 1. The second kappa shape index (κ2) is 9.07. The molecule has 6 rings (SSSR count). The minimum absolute atomic E-state index is 0.108. The molecule has 37 heavy (non-hydrogen) atoms. The Balaban J connectivity index is 1.50. The first kappa shape index (κ1) is 22.8. The van der Waals surface area contributed by atoms with Crippen molar-refractivity contribution in [1.82, 2.24) is 9.72 Å². The van der Waals surface area contributed by atoms with Gasteiger partial charge in [-0.05, 0) is 55.5 Å². The zero-order valence-corrected chi connectivity index (χ0v) is 20.7. The normalized spacial score (nSPS) is 11.6. The van der Waals surface area contributed by atoms with Gasteiger partial charge in [0.05, 0.1) is 27.0 Å². The van der Waals surface area contributed by atoms with Gasteiger partial charge >= 0.3 is 0 Å². The fourth-order valence-corrected chi connectivity index (χ4v) is 5.41. The van der Waals surface area contributed by atoms with Gasteiger partial charge in [0, 0.05) is 22.5 Å². The van der Waals surface area contributed by atoms with Crippen LogP contribution in [0.25, 0.3) is 27.5 Å². The molecule has 0 atom stereocenters. The van der Waals surface area contributed by atoms with Gasteiger partial charge in [0.2, 0.25) is 0 Å². The second-order valence-electron chi connectivity index (χ2n) is 8.59.